The number of carbonyl (C=O) groups is 2. The molecule has 2 amide bonds. The smallest absolute Gasteiger partial charge is 0.259 e. The van der Waals surface area contributed by atoms with Gasteiger partial charge < -0.3 is 20.1 Å². The summed E-state index contributed by atoms with van der Waals surface area (Å²) in [6, 6.07) is 14.2. The maximum absolute atomic E-state index is 12.9. The van der Waals surface area contributed by atoms with Crippen LogP contribution in [0, 0.1) is 0 Å². The van der Waals surface area contributed by atoms with Crippen LogP contribution >= 0.6 is 0 Å². The maximum Gasteiger partial charge on any atom is 0.259 e. The van der Waals surface area contributed by atoms with Gasteiger partial charge in [0.05, 0.1) is 29.5 Å². The fourth-order valence-electron chi connectivity index (χ4n) is 3.40. The molecule has 1 heterocycles. The highest BCUT2D eigenvalue weighted by Crippen LogP contribution is 2.22. The van der Waals surface area contributed by atoms with Crippen LogP contribution in [0.5, 0.6) is 5.75 Å². The van der Waals surface area contributed by atoms with Crippen LogP contribution in [0.2, 0.25) is 0 Å². The fraction of sp³-hybridized carbons (Fsp3) is 0.417. The van der Waals surface area contributed by atoms with Crippen molar-refractivity contribution in [3.8, 4) is 5.75 Å². The van der Waals surface area contributed by atoms with E-state index in [1.54, 1.807) is 42.5 Å². The molecule has 160 valence electrons. The van der Waals surface area contributed by atoms with Crippen LogP contribution in [0.3, 0.4) is 0 Å². The number of hydrogen-bond acceptors (Lipinski definition) is 4. The third kappa shape index (κ3) is 6.07. The van der Waals surface area contributed by atoms with Gasteiger partial charge >= 0.3 is 0 Å². The third-order valence-electron chi connectivity index (χ3n) is 5.07. The van der Waals surface area contributed by atoms with Crippen molar-refractivity contribution in [1.82, 2.24) is 5.32 Å². The zero-order chi connectivity index (χ0) is 21.2. The van der Waals surface area contributed by atoms with E-state index in [0.29, 0.717) is 35.7 Å². The normalized spacial score (nSPS) is 15.6. The zero-order valence-electron chi connectivity index (χ0n) is 17.5. The van der Waals surface area contributed by atoms with E-state index in [-0.39, 0.29) is 17.9 Å². The Hall–Kier alpha value is -2.86. The SMILES string of the molecule is CCCCCOc1ccccc1C(=O)Nc1ccccc1C(=O)NCC1CCCO1. The van der Waals surface area contributed by atoms with Crippen LogP contribution < -0.4 is 15.4 Å². The largest absolute Gasteiger partial charge is 0.493 e. The lowest BCUT2D eigenvalue weighted by molar-refractivity contribution is 0.0858. The minimum atomic E-state index is -0.305. The van der Waals surface area contributed by atoms with Crippen molar-refractivity contribution >= 4 is 17.5 Å². The predicted molar refractivity (Wildman–Crippen MR) is 117 cm³/mol. The van der Waals surface area contributed by atoms with Gasteiger partial charge in [-0.05, 0) is 43.5 Å². The van der Waals surface area contributed by atoms with E-state index in [9.17, 15) is 9.59 Å². The number of rotatable bonds is 10. The first kappa shape index (κ1) is 21.8. The van der Waals surface area contributed by atoms with Crippen LogP contribution in [0.1, 0.15) is 59.7 Å². The number of para-hydroxylation sites is 2. The number of amides is 2. The number of hydrogen-bond donors (Lipinski definition) is 2. The van der Waals surface area contributed by atoms with E-state index in [2.05, 4.69) is 17.6 Å². The van der Waals surface area contributed by atoms with E-state index in [4.69, 9.17) is 9.47 Å². The molecule has 0 saturated carbocycles. The summed E-state index contributed by atoms with van der Waals surface area (Å²) in [7, 11) is 0. The van der Waals surface area contributed by atoms with E-state index in [1.807, 2.05) is 6.07 Å². The van der Waals surface area contributed by atoms with Gasteiger partial charge in [-0.15, -0.1) is 0 Å². The molecule has 1 fully saturated rings. The molecule has 2 aromatic rings. The number of unbranched alkanes of at least 4 members (excludes halogenated alkanes) is 2. The molecule has 0 radical (unpaired) electrons. The second-order valence-corrected chi connectivity index (χ2v) is 7.40. The molecule has 0 aliphatic carbocycles. The summed E-state index contributed by atoms with van der Waals surface area (Å²) in [5.74, 6) is 0.0115. The van der Waals surface area contributed by atoms with Gasteiger partial charge in [-0.2, -0.15) is 0 Å². The van der Waals surface area contributed by atoms with Crippen LogP contribution in [0.4, 0.5) is 5.69 Å². The minimum Gasteiger partial charge on any atom is -0.493 e. The summed E-state index contributed by atoms with van der Waals surface area (Å²) in [6.45, 7) is 3.92. The van der Waals surface area contributed by atoms with Gasteiger partial charge in [0, 0.05) is 13.2 Å². The van der Waals surface area contributed by atoms with Crippen molar-refractivity contribution in [3.05, 3.63) is 59.7 Å². The van der Waals surface area contributed by atoms with E-state index >= 15 is 0 Å². The van der Waals surface area contributed by atoms with E-state index < -0.39 is 0 Å². The lowest BCUT2D eigenvalue weighted by Gasteiger charge is -2.15. The van der Waals surface area contributed by atoms with E-state index in [1.165, 1.54) is 0 Å². The highest BCUT2D eigenvalue weighted by atomic mass is 16.5. The van der Waals surface area contributed by atoms with Crippen molar-refractivity contribution in [2.75, 3.05) is 25.1 Å². The van der Waals surface area contributed by atoms with Crippen molar-refractivity contribution in [2.45, 2.75) is 45.1 Å². The fourth-order valence-corrected chi connectivity index (χ4v) is 3.40. The number of anilines is 1. The van der Waals surface area contributed by atoms with Gasteiger partial charge in [0.25, 0.3) is 11.8 Å². The molecule has 1 unspecified atom stereocenters. The Kier molecular flexibility index (Phi) is 8.27. The number of ether oxygens (including phenoxy) is 2. The maximum atomic E-state index is 12.9. The van der Waals surface area contributed by atoms with Gasteiger partial charge in [-0.25, -0.2) is 0 Å². The number of benzene rings is 2. The Morgan fingerprint density at radius 1 is 1.03 bits per heavy atom. The molecule has 0 spiro atoms. The minimum absolute atomic E-state index is 0.0624. The summed E-state index contributed by atoms with van der Waals surface area (Å²) >= 11 is 0. The van der Waals surface area contributed by atoms with Gasteiger partial charge in [0.1, 0.15) is 5.75 Å². The molecule has 30 heavy (non-hydrogen) atoms. The molecule has 1 saturated heterocycles. The standard InChI is InChI=1S/C24H30N2O4/c1-2-3-8-15-30-22-14-7-5-12-20(22)24(28)26-21-13-6-4-11-19(21)23(27)25-17-18-10-9-16-29-18/h4-7,11-14,18H,2-3,8-10,15-17H2,1H3,(H,25,27)(H,26,28). The lowest BCUT2D eigenvalue weighted by Crippen LogP contribution is -2.32. The van der Waals surface area contributed by atoms with Crippen LogP contribution in [0.25, 0.3) is 0 Å². The van der Waals surface area contributed by atoms with Gasteiger partial charge in [-0.1, -0.05) is 44.0 Å². The molecule has 0 bridgehead atoms. The first-order valence-corrected chi connectivity index (χ1v) is 10.7. The second kappa shape index (κ2) is 11.4. The topological polar surface area (TPSA) is 76.7 Å². The summed E-state index contributed by atoms with van der Waals surface area (Å²) in [5, 5.41) is 5.77. The quantitative estimate of drug-likeness (QED) is 0.569. The van der Waals surface area contributed by atoms with Crippen molar-refractivity contribution in [1.29, 1.82) is 0 Å². The van der Waals surface area contributed by atoms with Crippen LogP contribution in [-0.4, -0.2) is 37.7 Å². The average Bonchev–Trinajstić information content (AvgIpc) is 3.29. The number of carbonyl (C=O) groups excluding carboxylic acids is 2. The molecule has 2 aromatic carbocycles. The zero-order valence-corrected chi connectivity index (χ0v) is 17.5. The third-order valence-corrected chi connectivity index (χ3v) is 5.07. The van der Waals surface area contributed by atoms with Gasteiger partial charge in [0.2, 0.25) is 0 Å². The van der Waals surface area contributed by atoms with Crippen molar-refractivity contribution in [3.63, 3.8) is 0 Å². The molecule has 0 aromatic heterocycles. The lowest BCUT2D eigenvalue weighted by atomic mass is 10.1. The molecular weight excluding hydrogens is 380 g/mol. The molecule has 6 heteroatoms. The van der Waals surface area contributed by atoms with Crippen molar-refractivity contribution in [2.24, 2.45) is 0 Å². The second-order valence-electron chi connectivity index (χ2n) is 7.40. The number of nitrogens with one attached hydrogen (secondary N) is 2. The van der Waals surface area contributed by atoms with Crippen molar-refractivity contribution < 1.29 is 19.1 Å². The van der Waals surface area contributed by atoms with E-state index in [0.717, 1.165) is 38.7 Å². The molecule has 2 N–H and O–H groups in total. The highest BCUT2D eigenvalue weighted by Gasteiger charge is 2.19. The highest BCUT2D eigenvalue weighted by molar-refractivity contribution is 6.10. The molecule has 1 atom stereocenters. The molecule has 1 aliphatic rings. The van der Waals surface area contributed by atoms with Crippen LogP contribution in [-0.2, 0) is 4.74 Å². The Morgan fingerprint density at radius 2 is 1.80 bits per heavy atom. The Bertz CT molecular complexity index is 847. The molecule has 3 rings (SSSR count). The summed E-state index contributed by atoms with van der Waals surface area (Å²) in [5.41, 5.74) is 1.34. The predicted octanol–water partition coefficient (Wildman–Crippen LogP) is 4.42. The summed E-state index contributed by atoms with van der Waals surface area (Å²) in [6.07, 6.45) is 5.17. The monoisotopic (exact) mass is 410 g/mol. The average molecular weight is 411 g/mol. The first-order valence-electron chi connectivity index (χ1n) is 10.7. The Balaban J connectivity index is 1.66. The molecule has 1 aliphatic heterocycles. The Labute approximate surface area is 178 Å². The summed E-state index contributed by atoms with van der Waals surface area (Å²) in [4.78, 5) is 25.6. The Morgan fingerprint density at radius 3 is 2.57 bits per heavy atom. The first-order chi connectivity index (χ1) is 14.7. The molecule has 6 nitrogen and oxygen atoms in total. The van der Waals surface area contributed by atoms with Crippen LogP contribution in [0.15, 0.2) is 48.5 Å². The summed E-state index contributed by atoms with van der Waals surface area (Å²) < 4.78 is 11.4. The van der Waals surface area contributed by atoms with Gasteiger partial charge in [0.15, 0.2) is 0 Å². The molecular formula is C24H30N2O4. The van der Waals surface area contributed by atoms with Gasteiger partial charge in [-0.3, -0.25) is 9.59 Å².